The summed E-state index contributed by atoms with van der Waals surface area (Å²) in [4.78, 5) is 12.6. The highest BCUT2D eigenvalue weighted by Gasteiger charge is 2.30. The predicted octanol–water partition coefficient (Wildman–Crippen LogP) is 5.17. The van der Waals surface area contributed by atoms with Crippen molar-refractivity contribution in [2.24, 2.45) is 0 Å². The van der Waals surface area contributed by atoms with Gasteiger partial charge < -0.3 is 5.32 Å². The van der Waals surface area contributed by atoms with Gasteiger partial charge in [0.25, 0.3) is 5.91 Å². The number of aryl methyl sites for hydroxylation is 1. The van der Waals surface area contributed by atoms with Crippen LogP contribution in [-0.4, -0.2) is 20.6 Å². The summed E-state index contributed by atoms with van der Waals surface area (Å²) in [6, 6.07) is 9.23. The summed E-state index contributed by atoms with van der Waals surface area (Å²) in [6.07, 6.45) is -3.51. The molecule has 0 heterocycles. The second-order valence-electron chi connectivity index (χ2n) is 7.53. The minimum atomic E-state index is -4.46. The van der Waals surface area contributed by atoms with E-state index in [2.05, 4.69) is 10.0 Å². The minimum Gasteiger partial charge on any atom is -0.345 e. The number of rotatable bonds is 5. The number of carbonyl (C=O) groups is 1. The summed E-state index contributed by atoms with van der Waals surface area (Å²) in [5.74, 6) is -1.23. The highest BCUT2D eigenvalue weighted by Crippen LogP contribution is 2.32. The fourth-order valence-electron chi connectivity index (χ4n) is 3.27. The molecular formula is C22H20F4N2O3S. The van der Waals surface area contributed by atoms with Crippen molar-refractivity contribution in [3.63, 3.8) is 0 Å². The van der Waals surface area contributed by atoms with Crippen molar-refractivity contribution in [1.29, 1.82) is 0 Å². The van der Waals surface area contributed by atoms with Crippen LogP contribution in [0.2, 0.25) is 0 Å². The summed E-state index contributed by atoms with van der Waals surface area (Å²) in [5.41, 5.74) is 0.150. The first-order valence-corrected chi connectivity index (χ1v) is 11.3. The topological polar surface area (TPSA) is 75.3 Å². The maximum absolute atomic E-state index is 14.6. The van der Waals surface area contributed by atoms with E-state index in [-0.39, 0.29) is 16.8 Å². The molecule has 10 heteroatoms. The van der Waals surface area contributed by atoms with Gasteiger partial charge in [-0.05, 0) is 66.6 Å². The second-order valence-corrected chi connectivity index (χ2v) is 9.28. The summed E-state index contributed by atoms with van der Waals surface area (Å²) >= 11 is 0. The minimum absolute atomic E-state index is 0.0973. The van der Waals surface area contributed by atoms with Crippen LogP contribution >= 0.6 is 0 Å². The quantitative estimate of drug-likeness (QED) is 0.508. The van der Waals surface area contributed by atoms with Gasteiger partial charge in [-0.15, -0.1) is 0 Å². The molecule has 0 aliphatic rings. The number of carbonyl (C=O) groups excluding carboxylic acids is 1. The number of halogens is 4. The lowest BCUT2D eigenvalue weighted by Gasteiger charge is -2.18. The molecule has 2 N–H and O–H groups in total. The Morgan fingerprint density at radius 2 is 1.62 bits per heavy atom. The van der Waals surface area contributed by atoms with Crippen molar-refractivity contribution in [3.8, 4) is 0 Å². The number of hydrogen-bond acceptors (Lipinski definition) is 3. The molecular weight excluding hydrogens is 448 g/mol. The normalized spacial score (nSPS) is 13.1. The number of amides is 1. The molecule has 0 aliphatic heterocycles. The molecule has 1 unspecified atom stereocenters. The van der Waals surface area contributed by atoms with Crippen molar-refractivity contribution >= 4 is 32.4 Å². The third-order valence-electron chi connectivity index (χ3n) is 4.88. The van der Waals surface area contributed by atoms with Crippen LogP contribution in [0.15, 0.2) is 48.5 Å². The molecule has 0 radical (unpaired) electrons. The molecule has 1 amide bonds. The van der Waals surface area contributed by atoms with E-state index in [4.69, 9.17) is 0 Å². The summed E-state index contributed by atoms with van der Waals surface area (Å²) in [5, 5.41) is 3.44. The maximum Gasteiger partial charge on any atom is 0.416 e. The first-order chi connectivity index (χ1) is 14.7. The van der Waals surface area contributed by atoms with Gasteiger partial charge in [0.1, 0.15) is 5.82 Å². The average molecular weight is 468 g/mol. The lowest BCUT2D eigenvalue weighted by Crippen LogP contribution is -2.27. The molecule has 3 aromatic carbocycles. The number of anilines is 1. The highest BCUT2D eigenvalue weighted by atomic mass is 32.2. The smallest absolute Gasteiger partial charge is 0.345 e. The van der Waals surface area contributed by atoms with Crippen LogP contribution in [0.25, 0.3) is 10.8 Å². The first-order valence-electron chi connectivity index (χ1n) is 9.44. The van der Waals surface area contributed by atoms with Crippen molar-refractivity contribution in [1.82, 2.24) is 5.32 Å². The second kappa shape index (κ2) is 8.42. The third kappa shape index (κ3) is 5.37. The van der Waals surface area contributed by atoms with Gasteiger partial charge >= 0.3 is 6.18 Å². The molecule has 0 aromatic heterocycles. The van der Waals surface area contributed by atoms with E-state index in [9.17, 15) is 30.8 Å². The van der Waals surface area contributed by atoms with E-state index in [1.165, 1.54) is 30.3 Å². The zero-order valence-electron chi connectivity index (χ0n) is 17.3. The molecule has 0 fully saturated rings. The van der Waals surface area contributed by atoms with E-state index in [0.717, 1.165) is 24.5 Å². The molecule has 0 saturated heterocycles. The Balaban J connectivity index is 1.82. The van der Waals surface area contributed by atoms with Crippen molar-refractivity contribution in [2.75, 3.05) is 11.0 Å². The Kier molecular flexibility index (Phi) is 6.19. The van der Waals surface area contributed by atoms with Gasteiger partial charge in [-0.1, -0.05) is 12.1 Å². The number of hydrogen-bond donors (Lipinski definition) is 2. The molecule has 1 atom stereocenters. The van der Waals surface area contributed by atoms with Crippen LogP contribution in [0, 0.1) is 12.7 Å². The standard InChI is InChI=1S/C22H20F4N2O3S/c1-12-8-18(19(23)11-20(12)28-32(3,30)31)13(2)27-21(29)16-5-4-15-10-17(22(24,25)26)7-6-14(15)9-16/h4-11,13,28H,1-3H3,(H,27,29). The Morgan fingerprint density at radius 1 is 1.00 bits per heavy atom. The van der Waals surface area contributed by atoms with Crippen molar-refractivity contribution in [2.45, 2.75) is 26.1 Å². The molecule has 0 saturated carbocycles. The predicted molar refractivity (Wildman–Crippen MR) is 114 cm³/mol. The lowest BCUT2D eigenvalue weighted by molar-refractivity contribution is -0.137. The van der Waals surface area contributed by atoms with Crippen LogP contribution in [-0.2, 0) is 16.2 Å². The van der Waals surface area contributed by atoms with Gasteiger partial charge in [0.15, 0.2) is 0 Å². The van der Waals surface area contributed by atoms with Crippen LogP contribution in [0.5, 0.6) is 0 Å². The summed E-state index contributed by atoms with van der Waals surface area (Å²) in [7, 11) is -3.58. The average Bonchev–Trinajstić information content (AvgIpc) is 2.67. The largest absolute Gasteiger partial charge is 0.416 e. The number of fused-ring (bicyclic) bond motifs is 1. The highest BCUT2D eigenvalue weighted by molar-refractivity contribution is 7.92. The molecule has 0 bridgehead atoms. The van der Waals surface area contributed by atoms with Gasteiger partial charge in [0.05, 0.1) is 23.5 Å². The molecule has 0 spiro atoms. The molecule has 5 nitrogen and oxygen atoms in total. The Morgan fingerprint density at radius 3 is 2.25 bits per heavy atom. The molecule has 0 aliphatic carbocycles. The monoisotopic (exact) mass is 468 g/mol. The molecule has 32 heavy (non-hydrogen) atoms. The summed E-state index contributed by atoms with van der Waals surface area (Å²) in [6.45, 7) is 3.17. The number of sulfonamides is 1. The van der Waals surface area contributed by atoms with E-state index in [1.807, 2.05) is 0 Å². The van der Waals surface area contributed by atoms with Crippen LogP contribution in [0.3, 0.4) is 0 Å². The van der Waals surface area contributed by atoms with Crippen LogP contribution in [0.1, 0.15) is 40.0 Å². The van der Waals surface area contributed by atoms with Crippen molar-refractivity contribution in [3.05, 3.63) is 76.6 Å². The third-order valence-corrected chi connectivity index (χ3v) is 5.47. The van der Waals surface area contributed by atoms with Gasteiger partial charge in [-0.25, -0.2) is 12.8 Å². The van der Waals surface area contributed by atoms with E-state index in [1.54, 1.807) is 13.8 Å². The first kappa shape index (κ1) is 23.5. The van der Waals surface area contributed by atoms with E-state index in [0.29, 0.717) is 16.3 Å². The van der Waals surface area contributed by atoms with E-state index >= 15 is 0 Å². The Labute approximate surface area is 182 Å². The van der Waals surface area contributed by atoms with Gasteiger partial charge in [-0.2, -0.15) is 13.2 Å². The van der Waals surface area contributed by atoms with Crippen LogP contribution in [0.4, 0.5) is 23.2 Å². The molecule has 3 rings (SSSR count). The molecule has 3 aromatic rings. The molecule has 170 valence electrons. The summed E-state index contributed by atoms with van der Waals surface area (Å²) < 4.78 is 78.2. The van der Waals surface area contributed by atoms with Crippen molar-refractivity contribution < 1.29 is 30.8 Å². The van der Waals surface area contributed by atoms with Gasteiger partial charge in [0, 0.05) is 11.1 Å². The zero-order valence-corrected chi connectivity index (χ0v) is 18.2. The van der Waals surface area contributed by atoms with Gasteiger partial charge in [-0.3, -0.25) is 9.52 Å². The lowest BCUT2D eigenvalue weighted by atomic mass is 10.0. The maximum atomic E-state index is 14.6. The SMILES string of the molecule is Cc1cc(C(C)NC(=O)c2ccc3cc(C(F)(F)F)ccc3c2)c(F)cc1NS(C)(=O)=O. The number of alkyl halides is 3. The fourth-order valence-corrected chi connectivity index (χ4v) is 3.89. The van der Waals surface area contributed by atoms with Crippen LogP contribution < -0.4 is 10.0 Å². The van der Waals surface area contributed by atoms with Gasteiger partial charge in [0.2, 0.25) is 10.0 Å². The number of benzene rings is 3. The Bertz CT molecular complexity index is 1300. The Hall–Kier alpha value is -3.14. The van der Waals surface area contributed by atoms with E-state index < -0.39 is 39.5 Å². The number of nitrogens with one attached hydrogen (secondary N) is 2. The fraction of sp³-hybridized carbons (Fsp3) is 0.227. The zero-order chi connectivity index (χ0) is 23.8.